The number of benzene rings is 1. The van der Waals surface area contributed by atoms with Gasteiger partial charge in [0.25, 0.3) is 0 Å². The number of sulfonamides is 1. The van der Waals surface area contributed by atoms with Crippen LogP contribution in [-0.2, 0) is 16.6 Å². The van der Waals surface area contributed by atoms with Gasteiger partial charge in [0.2, 0.25) is 10.0 Å². The van der Waals surface area contributed by atoms with E-state index >= 15 is 0 Å². The largest absolute Gasteiger partial charge is 0.313 e. The molecule has 1 aromatic rings. The lowest BCUT2D eigenvalue weighted by molar-refractivity contribution is 0.417. The van der Waals surface area contributed by atoms with Gasteiger partial charge < -0.3 is 5.32 Å². The molecule has 1 aromatic carbocycles. The van der Waals surface area contributed by atoms with E-state index in [1.54, 1.807) is 19.2 Å². The van der Waals surface area contributed by atoms with Gasteiger partial charge in [-0.3, -0.25) is 0 Å². The van der Waals surface area contributed by atoms with Crippen molar-refractivity contribution < 1.29 is 8.42 Å². The van der Waals surface area contributed by atoms with Crippen LogP contribution in [-0.4, -0.2) is 32.9 Å². The Morgan fingerprint density at radius 1 is 1.29 bits per heavy atom. The van der Waals surface area contributed by atoms with Gasteiger partial charge in [-0.2, -0.15) is 0 Å². The summed E-state index contributed by atoms with van der Waals surface area (Å²) in [6.07, 6.45) is 1.06. The van der Waals surface area contributed by atoms with Crippen molar-refractivity contribution in [3.8, 4) is 0 Å². The Hall–Kier alpha value is -0.910. The zero-order valence-electron chi connectivity index (χ0n) is 13.8. The van der Waals surface area contributed by atoms with Crippen LogP contribution in [0.5, 0.6) is 0 Å². The molecule has 120 valence electrons. The summed E-state index contributed by atoms with van der Waals surface area (Å²) in [6, 6.07) is 5.38. The molecule has 0 bridgehead atoms. The van der Waals surface area contributed by atoms with E-state index in [2.05, 4.69) is 12.2 Å². The Bertz CT molecular complexity index is 553. The summed E-state index contributed by atoms with van der Waals surface area (Å²) < 4.78 is 26.6. The second kappa shape index (κ2) is 7.92. The maximum absolute atomic E-state index is 12.6. The van der Waals surface area contributed by atoms with Crippen LogP contribution in [0.15, 0.2) is 23.1 Å². The molecule has 0 atom stereocenters. The summed E-state index contributed by atoms with van der Waals surface area (Å²) in [5.41, 5.74) is 2.16. The predicted octanol–water partition coefficient (Wildman–Crippen LogP) is 2.77. The zero-order chi connectivity index (χ0) is 16.0. The highest BCUT2D eigenvalue weighted by molar-refractivity contribution is 7.89. The van der Waals surface area contributed by atoms with Gasteiger partial charge >= 0.3 is 0 Å². The minimum atomic E-state index is -3.40. The van der Waals surface area contributed by atoms with Crippen LogP contribution in [0.3, 0.4) is 0 Å². The molecule has 0 spiro atoms. The van der Waals surface area contributed by atoms with Gasteiger partial charge in [-0.15, -0.1) is 0 Å². The molecule has 0 aromatic heterocycles. The van der Waals surface area contributed by atoms with E-state index in [0.29, 0.717) is 23.9 Å². The molecule has 0 unspecified atom stereocenters. The molecule has 0 saturated heterocycles. The fourth-order valence-corrected chi connectivity index (χ4v) is 3.58. The van der Waals surface area contributed by atoms with Gasteiger partial charge in [0.1, 0.15) is 0 Å². The van der Waals surface area contributed by atoms with Crippen molar-refractivity contribution in [1.82, 2.24) is 9.62 Å². The van der Waals surface area contributed by atoms with Crippen molar-refractivity contribution in [1.29, 1.82) is 0 Å². The first-order chi connectivity index (χ1) is 9.78. The quantitative estimate of drug-likeness (QED) is 0.751. The van der Waals surface area contributed by atoms with E-state index in [1.807, 2.05) is 26.8 Å². The van der Waals surface area contributed by atoms with E-state index in [4.69, 9.17) is 0 Å². The summed E-state index contributed by atoms with van der Waals surface area (Å²) in [6.45, 7) is 10.3. The van der Waals surface area contributed by atoms with E-state index in [-0.39, 0.29) is 0 Å². The van der Waals surface area contributed by atoms with E-state index in [1.165, 1.54) is 4.31 Å². The summed E-state index contributed by atoms with van der Waals surface area (Å²) in [7, 11) is -1.76. The molecule has 0 amide bonds. The third-order valence-electron chi connectivity index (χ3n) is 3.39. The number of hydrogen-bond donors (Lipinski definition) is 1. The lowest BCUT2D eigenvalue weighted by Gasteiger charge is -2.20. The van der Waals surface area contributed by atoms with Gasteiger partial charge in [-0.1, -0.05) is 26.8 Å². The first kappa shape index (κ1) is 18.1. The standard InChI is InChI=1S/C16H28N2O2S/c1-6-9-17-11-15-10-16(8-7-14(15)4)21(19,20)18(5)12-13(2)3/h7-8,10,13,17H,6,9,11-12H2,1-5H3. The molecule has 1 N–H and O–H groups in total. The van der Waals surface area contributed by atoms with Gasteiger partial charge in [-0.05, 0) is 49.1 Å². The fraction of sp³-hybridized carbons (Fsp3) is 0.625. The van der Waals surface area contributed by atoms with Crippen LogP contribution >= 0.6 is 0 Å². The minimum Gasteiger partial charge on any atom is -0.313 e. The Balaban J connectivity index is 2.99. The Morgan fingerprint density at radius 3 is 2.52 bits per heavy atom. The number of aryl methyl sites for hydroxylation is 1. The lowest BCUT2D eigenvalue weighted by atomic mass is 10.1. The minimum absolute atomic E-state index is 0.306. The summed E-state index contributed by atoms with van der Waals surface area (Å²) >= 11 is 0. The predicted molar refractivity (Wildman–Crippen MR) is 87.8 cm³/mol. The van der Waals surface area contributed by atoms with Crippen molar-refractivity contribution in [3.63, 3.8) is 0 Å². The molecule has 21 heavy (non-hydrogen) atoms. The molecule has 4 nitrogen and oxygen atoms in total. The number of nitrogens with one attached hydrogen (secondary N) is 1. The molecule has 5 heteroatoms. The highest BCUT2D eigenvalue weighted by Crippen LogP contribution is 2.19. The highest BCUT2D eigenvalue weighted by atomic mass is 32.2. The van der Waals surface area contributed by atoms with Crippen LogP contribution in [0, 0.1) is 12.8 Å². The average molecular weight is 312 g/mol. The van der Waals surface area contributed by atoms with Crippen LogP contribution in [0.1, 0.15) is 38.3 Å². The topological polar surface area (TPSA) is 49.4 Å². The van der Waals surface area contributed by atoms with Crippen LogP contribution in [0.4, 0.5) is 0 Å². The third kappa shape index (κ3) is 5.09. The summed E-state index contributed by atoms with van der Waals surface area (Å²) in [5.74, 6) is 0.306. The van der Waals surface area contributed by atoms with Crippen molar-refractivity contribution in [2.45, 2.75) is 45.6 Å². The Labute approximate surface area is 129 Å². The molecule has 0 aliphatic rings. The van der Waals surface area contributed by atoms with Gasteiger partial charge in [-0.25, -0.2) is 12.7 Å². The summed E-state index contributed by atoms with van der Waals surface area (Å²) in [4.78, 5) is 0.379. The second-order valence-corrected chi connectivity index (χ2v) is 7.99. The molecular formula is C16H28N2O2S. The molecule has 0 aliphatic heterocycles. The maximum atomic E-state index is 12.6. The summed E-state index contributed by atoms with van der Waals surface area (Å²) in [5, 5.41) is 3.32. The number of hydrogen-bond acceptors (Lipinski definition) is 3. The van der Waals surface area contributed by atoms with Gasteiger partial charge in [0.05, 0.1) is 4.90 Å². The smallest absolute Gasteiger partial charge is 0.242 e. The zero-order valence-corrected chi connectivity index (χ0v) is 14.6. The molecule has 0 saturated carbocycles. The molecule has 0 radical (unpaired) electrons. The van der Waals surface area contributed by atoms with Crippen molar-refractivity contribution in [2.75, 3.05) is 20.1 Å². The van der Waals surface area contributed by atoms with Crippen LogP contribution in [0.2, 0.25) is 0 Å². The normalized spacial score (nSPS) is 12.3. The molecule has 0 heterocycles. The highest BCUT2D eigenvalue weighted by Gasteiger charge is 2.21. The molecular weight excluding hydrogens is 284 g/mol. The molecule has 0 fully saturated rings. The van der Waals surface area contributed by atoms with Gasteiger partial charge in [0, 0.05) is 20.1 Å². The SMILES string of the molecule is CCCNCc1cc(S(=O)(=O)N(C)CC(C)C)ccc1C. The second-order valence-electron chi connectivity index (χ2n) is 5.94. The van der Waals surface area contributed by atoms with E-state index < -0.39 is 10.0 Å². The first-order valence-electron chi connectivity index (χ1n) is 7.55. The number of nitrogens with zero attached hydrogens (tertiary/aromatic N) is 1. The fourth-order valence-electron chi connectivity index (χ4n) is 2.19. The monoisotopic (exact) mass is 312 g/mol. The molecule has 1 rings (SSSR count). The number of rotatable bonds is 8. The van der Waals surface area contributed by atoms with E-state index in [0.717, 1.165) is 24.1 Å². The lowest BCUT2D eigenvalue weighted by Crippen LogP contribution is -2.30. The van der Waals surface area contributed by atoms with Crippen LogP contribution in [0.25, 0.3) is 0 Å². The maximum Gasteiger partial charge on any atom is 0.242 e. The van der Waals surface area contributed by atoms with Crippen molar-refractivity contribution >= 4 is 10.0 Å². The first-order valence-corrected chi connectivity index (χ1v) is 8.99. The molecule has 0 aliphatic carbocycles. The Kier molecular flexibility index (Phi) is 6.84. The third-order valence-corrected chi connectivity index (χ3v) is 5.21. The van der Waals surface area contributed by atoms with Crippen molar-refractivity contribution in [2.24, 2.45) is 5.92 Å². The van der Waals surface area contributed by atoms with Crippen molar-refractivity contribution in [3.05, 3.63) is 29.3 Å². The van der Waals surface area contributed by atoms with E-state index in [9.17, 15) is 8.42 Å². The van der Waals surface area contributed by atoms with Crippen LogP contribution < -0.4 is 5.32 Å². The Morgan fingerprint density at radius 2 is 1.95 bits per heavy atom. The van der Waals surface area contributed by atoms with Gasteiger partial charge in [0.15, 0.2) is 0 Å². The average Bonchev–Trinajstić information content (AvgIpc) is 2.40.